The van der Waals surface area contributed by atoms with Gasteiger partial charge in [0.2, 0.25) is 0 Å². The van der Waals surface area contributed by atoms with Crippen molar-refractivity contribution >= 4 is 18.4 Å². The van der Waals surface area contributed by atoms with Gasteiger partial charge in [0.15, 0.2) is 0 Å². The summed E-state index contributed by atoms with van der Waals surface area (Å²) in [5.41, 5.74) is 0. The third-order valence-corrected chi connectivity index (χ3v) is 2.91. The second-order valence-corrected chi connectivity index (χ2v) is 3.59. The Kier molecular flexibility index (Phi) is 2.96. The van der Waals surface area contributed by atoms with Gasteiger partial charge < -0.3 is 10.4 Å². The number of carboxylic acid groups (broad SMARTS) is 1. The molecule has 1 saturated heterocycles. The van der Waals surface area contributed by atoms with Gasteiger partial charge in [0.25, 0.3) is 0 Å². The van der Waals surface area contributed by atoms with Gasteiger partial charge in [-0.3, -0.25) is 4.79 Å². The number of nitrogens with one attached hydrogen (secondary N) is 1. The van der Waals surface area contributed by atoms with Crippen molar-refractivity contribution in [3.05, 3.63) is 0 Å². The van der Waals surface area contributed by atoms with Crippen LogP contribution in [0.1, 0.15) is 25.7 Å². The van der Waals surface area contributed by atoms with Crippen LogP contribution in [0.3, 0.4) is 0 Å². The van der Waals surface area contributed by atoms with Crippen molar-refractivity contribution in [3.63, 3.8) is 0 Å². The molecular weight excluding hydrogens is 178 g/mol. The summed E-state index contributed by atoms with van der Waals surface area (Å²) in [6.07, 6.45) is 4.52. The molecule has 70 valence electrons. The molecule has 2 fully saturated rings. The van der Waals surface area contributed by atoms with Crippen molar-refractivity contribution in [1.82, 2.24) is 5.32 Å². The molecule has 4 heteroatoms. The minimum Gasteiger partial charge on any atom is -0.480 e. The second-order valence-electron chi connectivity index (χ2n) is 3.59. The quantitative estimate of drug-likeness (QED) is 0.651. The van der Waals surface area contributed by atoms with Gasteiger partial charge in [-0.15, -0.1) is 12.4 Å². The van der Waals surface area contributed by atoms with E-state index in [0.29, 0.717) is 12.0 Å². The molecule has 0 aromatic carbocycles. The van der Waals surface area contributed by atoms with Crippen LogP contribution in [0.5, 0.6) is 0 Å². The van der Waals surface area contributed by atoms with Gasteiger partial charge in [-0.2, -0.15) is 0 Å². The van der Waals surface area contributed by atoms with Crippen LogP contribution in [0.25, 0.3) is 0 Å². The Hall–Kier alpha value is -0.280. The summed E-state index contributed by atoms with van der Waals surface area (Å²) in [5.74, 6) is -0.0319. The Morgan fingerprint density at radius 2 is 2.17 bits per heavy atom. The molecule has 3 atom stereocenters. The van der Waals surface area contributed by atoms with Gasteiger partial charge in [-0.25, -0.2) is 0 Å². The van der Waals surface area contributed by atoms with Gasteiger partial charge in [0.05, 0.1) is 0 Å². The van der Waals surface area contributed by atoms with E-state index >= 15 is 0 Å². The molecule has 1 saturated carbocycles. The summed E-state index contributed by atoms with van der Waals surface area (Å²) in [6.45, 7) is 0. The number of hydrogen-bond acceptors (Lipinski definition) is 2. The van der Waals surface area contributed by atoms with Gasteiger partial charge in [-0.05, 0) is 25.2 Å². The van der Waals surface area contributed by atoms with Gasteiger partial charge in [0, 0.05) is 6.04 Å². The fourth-order valence-electron chi connectivity index (χ4n) is 2.34. The van der Waals surface area contributed by atoms with E-state index < -0.39 is 5.97 Å². The van der Waals surface area contributed by atoms with E-state index in [2.05, 4.69) is 5.32 Å². The number of fused-ring (bicyclic) bond motifs is 1. The predicted octanol–water partition coefficient (Wildman–Crippen LogP) is 1.02. The maximum atomic E-state index is 10.6. The van der Waals surface area contributed by atoms with E-state index in [1.54, 1.807) is 0 Å². The highest BCUT2D eigenvalue weighted by molar-refractivity contribution is 5.85. The highest BCUT2D eigenvalue weighted by Gasteiger charge is 2.39. The number of aliphatic carboxylic acids is 1. The van der Waals surface area contributed by atoms with Crippen molar-refractivity contribution in [2.75, 3.05) is 0 Å². The molecule has 0 aromatic rings. The van der Waals surface area contributed by atoms with Crippen molar-refractivity contribution in [2.24, 2.45) is 5.92 Å². The molecule has 1 heterocycles. The lowest BCUT2D eigenvalue weighted by Gasteiger charge is -2.07. The fraction of sp³-hybridized carbons (Fsp3) is 0.875. The molecule has 0 aromatic heterocycles. The van der Waals surface area contributed by atoms with Crippen molar-refractivity contribution in [1.29, 1.82) is 0 Å². The molecule has 0 unspecified atom stereocenters. The van der Waals surface area contributed by atoms with Crippen molar-refractivity contribution in [3.8, 4) is 0 Å². The van der Waals surface area contributed by atoms with Crippen LogP contribution in [-0.4, -0.2) is 23.2 Å². The summed E-state index contributed by atoms with van der Waals surface area (Å²) >= 11 is 0. The third-order valence-electron chi connectivity index (χ3n) is 2.91. The maximum absolute atomic E-state index is 10.6. The first-order valence-electron chi connectivity index (χ1n) is 4.26. The molecular formula is C8H14ClNO2. The van der Waals surface area contributed by atoms with Crippen LogP contribution in [0.2, 0.25) is 0 Å². The number of carboxylic acids is 1. The minimum absolute atomic E-state index is 0. The molecule has 2 N–H and O–H groups in total. The third kappa shape index (κ3) is 1.57. The van der Waals surface area contributed by atoms with E-state index in [0.717, 1.165) is 6.42 Å². The number of rotatable bonds is 1. The molecule has 0 spiro atoms. The van der Waals surface area contributed by atoms with Crippen molar-refractivity contribution in [2.45, 2.75) is 37.8 Å². The van der Waals surface area contributed by atoms with Crippen molar-refractivity contribution < 1.29 is 9.90 Å². The molecule has 2 aliphatic rings. The van der Waals surface area contributed by atoms with Gasteiger partial charge in [0.1, 0.15) is 6.04 Å². The van der Waals surface area contributed by atoms with Crippen LogP contribution in [-0.2, 0) is 4.79 Å². The minimum atomic E-state index is -0.681. The lowest BCUT2D eigenvalue weighted by atomic mass is 10.0. The second kappa shape index (κ2) is 3.62. The average Bonchev–Trinajstić information content (AvgIpc) is 2.40. The summed E-state index contributed by atoms with van der Waals surface area (Å²) in [4.78, 5) is 10.6. The van der Waals surface area contributed by atoms with Crippen LogP contribution < -0.4 is 5.32 Å². The molecule has 12 heavy (non-hydrogen) atoms. The van der Waals surface area contributed by atoms with Gasteiger partial charge >= 0.3 is 5.97 Å². The molecule has 0 bridgehead atoms. The SMILES string of the molecule is Cl.O=C(O)[C@@H]1C[C@@H]2CCC[C@@H]2N1. The number of halogens is 1. The van der Waals surface area contributed by atoms with Crippen LogP contribution in [0.15, 0.2) is 0 Å². The summed E-state index contributed by atoms with van der Waals surface area (Å²) in [7, 11) is 0. The number of hydrogen-bond donors (Lipinski definition) is 2. The summed E-state index contributed by atoms with van der Waals surface area (Å²) < 4.78 is 0. The lowest BCUT2D eigenvalue weighted by molar-refractivity contribution is -0.139. The van der Waals surface area contributed by atoms with Crippen LogP contribution in [0, 0.1) is 5.92 Å². The maximum Gasteiger partial charge on any atom is 0.320 e. The highest BCUT2D eigenvalue weighted by Crippen LogP contribution is 2.34. The lowest BCUT2D eigenvalue weighted by Crippen LogP contribution is -2.34. The smallest absolute Gasteiger partial charge is 0.320 e. The van der Waals surface area contributed by atoms with Crippen LogP contribution >= 0.6 is 12.4 Å². The Balaban J connectivity index is 0.000000720. The Bertz CT molecular complexity index is 174. The molecule has 1 aliphatic heterocycles. The van der Waals surface area contributed by atoms with E-state index in [1.165, 1.54) is 19.3 Å². The first-order valence-corrected chi connectivity index (χ1v) is 4.26. The van der Waals surface area contributed by atoms with E-state index in [1.807, 2.05) is 0 Å². The number of carbonyl (C=O) groups is 1. The largest absolute Gasteiger partial charge is 0.480 e. The van der Waals surface area contributed by atoms with Crippen LogP contribution in [0.4, 0.5) is 0 Å². The van der Waals surface area contributed by atoms with Gasteiger partial charge in [-0.1, -0.05) is 6.42 Å². The zero-order chi connectivity index (χ0) is 7.84. The zero-order valence-corrected chi connectivity index (χ0v) is 7.64. The first kappa shape index (κ1) is 9.81. The normalized spacial score (nSPS) is 38.8. The van der Waals surface area contributed by atoms with E-state index in [-0.39, 0.29) is 18.4 Å². The molecule has 0 radical (unpaired) electrons. The summed E-state index contributed by atoms with van der Waals surface area (Å²) in [6, 6.07) is 0.251. The Morgan fingerprint density at radius 3 is 2.75 bits per heavy atom. The predicted molar refractivity (Wildman–Crippen MR) is 47.6 cm³/mol. The van der Waals surface area contributed by atoms with E-state index in [9.17, 15) is 4.79 Å². The average molecular weight is 192 g/mol. The van der Waals surface area contributed by atoms with E-state index in [4.69, 9.17) is 5.11 Å². The Labute approximate surface area is 77.9 Å². The Morgan fingerprint density at radius 1 is 1.42 bits per heavy atom. The highest BCUT2D eigenvalue weighted by atomic mass is 35.5. The first-order chi connectivity index (χ1) is 5.27. The fourth-order valence-corrected chi connectivity index (χ4v) is 2.34. The standard InChI is InChI=1S/C8H13NO2.ClH/c10-8(11)7-4-5-2-1-3-6(5)9-7;/h5-7,9H,1-4H2,(H,10,11);1H/t5-,6-,7-;/m0./s1. The zero-order valence-electron chi connectivity index (χ0n) is 6.82. The molecule has 2 rings (SSSR count). The monoisotopic (exact) mass is 191 g/mol. The molecule has 0 amide bonds. The topological polar surface area (TPSA) is 49.3 Å². The summed E-state index contributed by atoms with van der Waals surface area (Å²) in [5, 5.41) is 11.9. The molecule has 1 aliphatic carbocycles. The molecule has 3 nitrogen and oxygen atoms in total.